The van der Waals surface area contributed by atoms with Crippen LogP contribution >= 0.6 is 11.3 Å². The van der Waals surface area contributed by atoms with E-state index in [1.807, 2.05) is 0 Å². The molecule has 0 radical (unpaired) electrons. The topological polar surface area (TPSA) is 28.2 Å². The van der Waals surface area contributed by atoms with E-state index in [0.717, 1.165) is 25.4 Å². The van der Waals surface area contributed by atoms with Gasteiger partial charge in [0.2, 0.25) is 0 Å². The molecular formula is C16H29N3S. The van der Waals surface area contributed by atoms with Crippen molar-refractivity contribution in [3.05, 3.63) is 16.1 Å². The molecule has 4 heteroatoms. The fourth-order valence-electron chi connectivity index (χ4n) is 3.37. The smallest absolute Gasteiger partial charge is 0.0926 e. The Bertz CT molecular complexity index is 416. The van der Waals surface area contributed by atoms with Crippen molar-refractivity contribution in [2.75, 3.05) is 20.6 Å². The van der Waals surface area contributed by atoms with Gasteiger partial charge in [-0.2, -0.15) is 0 Å². The van der Waals surface area contributed by atoms with Crippen LogP contribution in [-0.2, 0) is 13.0 Å². The van der Waals surface area contributed by atoms with Crippen LogP contribution in [0.5, 0.6) is 0 Å². The maximum atomic E-state index is 4.64. The molecule has 1 fully saturated rings. The minimum Gasteiger partial charge on any atom is -0.309 e. The molecule has 0 aliphatic heterocycles. The number of hydrogen-bond donors (Lipinski definition) is 1. The van der Waals surface area contributed by atoms with Gasteiger partial charge < -0.3 is 10.2 Å². The molecular weight excluding hydrogens is 266 g/mol. The predicted octanol–water partition coefficient (Wildman–Crippen LogP) is 3.31. The van der Waals surface area contributed by atoms with E-state index < -0.39 is 0 Å². The van der Waals surface area contributed by atoms with E-state index in [4.69, 9.17) is 0 Å². The van der Waals surface area contributed by atoms with Gasteiger partial charge in [-0.05, 0) is 39.3 Å². The summed E-state index contributed by atoms with van der Waals surface area (Å²) in [7, 11) is 4.47. The van der Waals surface area contributed by atoms with Crippen LogP contribution in [0.15, 0.2) is 5.38 Å². The van der Waals surface area contributed by atoms with Gasteiger partial charge in [0, 0.05) is 24.0 Å². The molecule has 0 saturated heterocycles. The molecule has 0 spiro atoms. The van der Waals surface area contributed by atoms with E-state index in [0.29, 0.717) is 5.54 Å². The lowest BCUT2D eigenvalue weighted by Crippen LogP contribution is -2.54. The summed E-state index contributed by atoms with van der Waals surface area (Å²) in [6, 6.07) is 0. The molecule has 1 aliphatic carbocycles. The molecule has 1 aliphatic rings. The van der Waals surface area contributed by atoms with E-state index in [-0.39, 0.29) is 0 Å². The Balaban J connectivity index is 1.89. The summed E-state index contributed by atoms with van der Waals surface area (Å²) in [5.41, 5.74) is 1.53. The number of aromatic nitrogens is 1. The molecule has 1 saturated carbocycles. The summed E-state index contributed by atoms with van der Waals surface area (Å²) < 4.78 is 0. The van der Waals surface area contributed by atoms with Crippen molar-refractivity contribution < 1.29 is 0 Å². The summed E-state index contributed by atoms with van der Waals surface area (Å²) in [6.45, 7) is 6.54. The van der Waals surface area contributed by atoms with Gasteiger partial charge >= 0.3 is 0 Å². The number of rotatable bonds is 6. The lowest BCUT2D eigenvalue weighted by molar-refractivity contribution is 0.0749. The Morgan fingerprint density at radius 3 is 2.90 bits per heavy atom. The molecule has 1 N–H and O–H groups in total. The van der Waals surface area contributed by atoms with Gasteiger partial charge in [0.15, 0.2) is 0 Å². The van der Waals surface area contributed by atoms with Gasteiger partial charge in [0.1, 0.15) is 0 Å². The van der Waals surface area contributed by atoms with Crippen molar-refractivity contribution in [1.29, 1.82) is 0 Å². The van der Waals surface area contributed by atoms with Gasteiger partial charge in [-0.15, -0.1) is 11.3 Å². The minimum absolute atomic E-state index is 0.335. The minimum atomic E-state index is 0.335. The first kappa shape index (κ1) is 15.9. The molecule has 20 heavy (non-hydrogen) atoms. The van der Waals surface area contributed by atoms with Gasteiger partial charge in [-0.25, -0.2) is 4.98 Å². The zero-order chi connectivity index (χ0) is 14.6. The second kappa shape index (κ2) is 7.01. The number of nitrogens with one attached hydrogen (secondary N) is 1. The van der Waals surface area contributed by atoms with E-state index in [1.54, 1.807) is 11.3 Å². The molecule has 1 aromatic rings. The van der Waals surface area contributed by atoms with Crippen LogP contribution in [0, 0.1) is 5.92 Å². The number of likely N-dealkylation sites (N-methyl/N-ethyl adjacent to an activating group) is 1. The second-order valence-corrected chi connectivity index (χ2v) is 7.45. The van der Waals surface area contributed by atoms with E-state index >= 15 is 0 Å². The van der Waals surface area contributed by atoms with Gasteiger partial charge in [0.25, 0.3) is 0 Å². The average Bonchev–Trinajstić information content (AvgIpc) is 2.86. The largest absolute Gasteiger partial charge is 0.309 e. The molecule has 0 amide bonds. The molecule has 0 bridgehead atoms. The van der Waals surface area contributed by atoms with Crippen molar-refractivity contribution in [2.24, 2.45) is 5.92 Å². The maximum Gasteiger partial charge on any atom is 0.0926 e. The quantitative estimate of drug-likeness (QED) is 0.873. The van der Waals surface area contributed by atoms with Crippen molar-refractivity contribution >= 4 is 11.3 Å². The molecule has 2 atom stereocenters. The fraction of sp³-hybridized carbons (Fsp3) is 0.812. The highest BCUT2D eigenvalue weighted by molar-refractivity contribution is 7.09. The first-order chi connectivity index (χ1) is 9.55. The molecule has 3 nitrogen and oxygen atoms in total. The molecule has 0 aromatic carbocycles. The maximum absolute atomic E-state index is 4.64. The van der Waals surface area contributed by atoms with Crippen LogP contribution in [0.25, 0.3) is 0 Å². The number of nitrogens with zero attached hydrogens (tertiary/aromatic N) is 2. The third-order valence-electron chi connectivity index (χ3n) is 4.68. The Hall–Kier alpha value is -0.450. The number of hydrogen-bond acceptors (Lipinski definition) is 4. The first-order valence-electron chi connectivity index (χ1n) is 7.87. The Labute approximate surface area is 127 Å². The van der Waals surface area contributed by atoms with Crippen molar-refractivity contribution in [3.8, 4) is 0 Å². The molecule has 1 aromatic heterocycles. The predicted molar refractivity (Wildman–Crippen MR) is 87.2 cm³/mol. The molecule has 2 unspecified atom stereocenters. The average molecular weight is 295 g/mol. The summed E-state index contributed by atoms with van der Waals surface area (Å²) >= 11 is 1.78. The van der Waals surface area contributed by atoms with Gasteiger partial charge in [-0.1, -0.05) is 26.7 Å². The van der Waals surface area contributed by atoms with E-state index in [9.17, 15) is 0 Å². The van der Waals surface area contributed by atoms with Crippen molar-refractivity contribution in [1.82, 2.24) is 15.2 Å². The van der Waals surface area contributed by atoms with Crippen LogP contribution in [-0.4, -0.2) is 36.1 Å². The standard InChI is InChI=1S/C16H29N3S/c1-5-15-18-14(11-20-15)10-17-12-16(19(3)4)8-6-7-13(2)9-16/h11,13,17H,5-10,12H2,1-4H3. The normalized spacial score (nSPS) is 27.1. The third-order valence-corrected chi connectivity index (χ3v) is 5.72. The molecule has 114 valence electrons. The van der Waals surface area contributed by atoms with Crippen LogP contribution in [0.2, 0.25) is 0 Å². The van der Waals surface area contributed by atoms with Gasteiger partial charge in [0.05, 0.1) is 10.7 Å². The monoisotopic (exact) mass is 295 g/mol. The Morgan fingerprint density at radius 1 is 1.50 bits per heavy atom. The molecule has 2 rings (SSSR count). The van der Waals surface area contributed by atoms with Crippen LogP contribution in [0.3, 0.4) is 0 Å². The van der Waals surface area contributed by atoms with Crippen LogP contribution in [0.1, 0.15) is 50.2 Å². The summed E-state index contributed by atoms with van der Waals surface area (Å²) in [5, 5.41) is 7.09. The summed E-state index contributed by atoms with van der Waals surface area (Å²) in [4.78, 5) is 7.07. The third kappa shape index (κ3) is 3.80. The Morgan fingerprint density at radius 2 is 2.30 bits per heavy atom. The second-order valence-electron chi connectivity index (χ2n) is 6.51. The number of aryl methyl sites for hydroxylation is 1. The van der Waals surface area contributed by atoms with Gasteiger partial charge in [-0.3, -0.25) is 0 Å². The van der Waals surface area contributed by atoms with E-state index in [1.165, 1.54) is 36.4 Å². The van der Waals surface area contributed by atoms with Crippen molar-refractivity contribution in [2.45, 2.75) is 58.0 Å². The zero-order valence-electron chi connectivity index (χ0n) is 13.4. The highest BCUT2D eigenvalue weighted by Gasteiger charge is 2.36. The first-order valence-corrected chi connectivity index (χ1v) is 8.75. The SMILES string of the molecule is CCc1nc(CNCC2(N(C)C)CCCC(C)C2)cs1. The van der Waals surface area contributed by atoms with Crippen LogP contribution in [0.4, 0.5) is 0 Å². The highest BCUT2D eigenvalue weighted by atomic mass is 32.1. The number of thiazole rings is 1. The highest BCUT2D eigenvalue weighted by Crippen LogP contribution is 2.35. The summed E-state index contributed by atoms with van der Waals surface area (Å²) in [5.74, 6) is 0.846. The zero-order valence-corrected chi connectivity index (χ0v) is 14.2. The molecule has 1 heterocycles. The summed E-state index contributed by atoms with van der Waals surface area (Å²) in [6.07, 6.45) is 6.42. The van der Waals surface area contributed by atoms with E-state index in [2.05, 4.69) is 48.5 Å². The lowest BCUT2D eigenvalue weighted by Gasteiger charge is -2.45. The fourth-order valence-corrected chi connectivity index (χ4v) is 4.12. The Kier molecular flexibility index (Phi) is 5.58. The lowest BCUT2D eigenvalue weighted by atomic mass is 9.75. The van der Waals surface area contributed by atoms with Crippen molar-refractivity contribution in [3.63, 3.8) is 0 Å². The van der Waals surface area contributed by atoms with Crippen LogP contribution < -0.4 is 5.32 Å².